The van der Waals surface area contributed by atoms with E-state index in [-0.39, 0.29) is 11.9 Å². The Morgan fingerprint density at radius 1 is 0.600 bits per heavy atom. The van der Waals surface area contributed by atoms with Crippen molar-refractivity contribution in [2.45, 2.75) is 97.8 Å². The zero-order chi connectivity index (χ0) is 36.8. The predicted octanol–water partition coefficient (Wildman–Crippen LogP) is 8.85. The summed E-state index contributed by atoms with van der Waals surface area (Å²) in [7, 11) is -6.00. The fourth-order valence-corrected chi connectivity index (χ4v) is 17.6. The number of nitrogens with zero attached hydrogens (tertiary/aromatic N) is 3. The van der Waals surface area contributed by atoms with Gasteiger partial charge in [-0.15, -0.1) is 0 Å². The van der Waals surface area contributed by atoms with Gasteiger partial charge in [-0.25, -0.2) is 9.59 Å². The van der Waals surface area contributed by atoms with E-state index >= 15 is 0 Å². The highest BCUT2D eigenvalue weighted by Gasteiger charge is 2.39. The molecule has 0 amide bonds. The molecule has 0 atom stereocenters. The van der Waals surface area contributed by atoms with Crippen LogP contribution in [-0.2, 0) is 17.7 Å². The molecule has 50 heavy (non-hydrogen) atoms. The minimum atomic E-state index is -2.39. The molecule has 0 aliphatic carbocycles. The second-order valence-corrected chi connectivity index (χ2v) is 27.1. The van der Waals surface area contributed by atoms with Crippen LogP contribution in [0.2, 0.25) is 51.9 Å². The Bertz CT molecular complexity index is 1410. The summed E-state index contributed by atoms with van der Waals surface area (Å²) in [5.74, 6) is 0.296. The average molecular weight is 741 g/mol. The number of ether oxygens (including phenoxy) is 2. The Hall–Kier alpha value is -3.64. The van der Waals surface area contributed by atoms with Gasteiger partial charge in [0.2, 0.25) is 17.8 Å². The van der Waals surface area contributed by atoms with Gasteiger partial charge in [-0.05, 0) is 120 Å². The summed E-state index contributed by atoms with van der Waals surface area (Å²) in [4.78, 5) is 38.6. The van der Waals surface area contributed by atoms with Crippen molar-refractivity contribution in [2.24, 2.45) is 0 Å². The van der Waals surface area contributed by atoms with Crippen molar-refractivity contribution in [3.8, 4) is 0 Å². The highest BCUT2D eigenvalue weighted by molar-refractivity contribution is 6.87. The molecule has 1 heterocycles. The smallest absolute Gasteiger partial charge is 0.338 e. The van der Waals surface area contributed by atoms with Gasteiger partial charge in [0.25, 0.3) is 0 Å². The number of hydrogen-bond donors (Lipinski definition) is 3. The molecule has 0 spiro atoms. The molecule has 2 aromatic carbocycles. The second-order valence-electron chi connectivity index (χ2n) is 14.3. The highest BCUT2D eigenvalue weighted by Crippen LogP contribution is 2.26. The maximum Gasteiger partial charge on any atom is 0.338 e. The molecule has 3 rings (SSSR count). The van der Waals surface area contributed by atoms with Crippen LogP contribution in [0.3, 0.4) is 0 Å². The van der Waals surface area contributed by atoms with Crippen LogP contribution in [-0.4, -0.2) is 71.8 Å². The third kappa shape index (κ3) is 15.1. The van der Waals surface area contributed by atoms with Gasteiger partial charge in [0.05, 0.1) is 24.3 Å². The lowest BCUT2D eigenvalue weighted by Gasteiger charge is -2.38. The third-order valence-electron chi connectivity index (χ3n) is 6.99. The van der Waals surface area contributed by atoms with Crippen LogP contribution in [0.15, 0.2) is 48.5 Å². The van der Waals surface area contributed by atoms with Crippen LogP contribution in [0.25, 0.3) is 0 Å². The van der Waals surface area contributed by atoms with Crippen molar-refractivity contribution in [3.63, 3.8) is 0 Å². The van der Waals surface area contributed by atoms with Crippen LogP contribution in [0.1, 0.15) is 66.7 Å². The molecule has 274 valence electrons. The van der Waals surface area contributed by atoms with E-state index in [0.29, 0.717) is 60.1 Å². The predicted molar refractivity (Wildman–Crippen MR) is 208 cm³/mol. The number of nitrogens with one attached hydrogen (secondary N) is 3. The molecule has 0 saturated carbocycles. The first-order valence-corrected chi connectivity index (χ1v) is 26.9. The molecule has 0 unspecified atom stereocenters. The quantitative estimate of drug-likeness (QED) is 0.0545. The van der Waals surface area contributed by atoms with E-state index in [1.165, 1.54) is 0 Å². The summed E-state index contributed by atoms with van der Waals surface area (Å²) in [6.45, 7) is 20.9. The second kappa shape index (κ2) is 19.1. The normalized spacial score (nSPS) is 11.9. The van der Waals surface area contributed by atoms with Gasteiger partial charge in [0, 0.05) is 17.9 Å². The van der Waals surface area contributed by atoms with Gasteiger partial charge < -0.3 is 33.7 Å². The van der Waals surface area contributed by atoms with Crippen LogP contribution in [0.4, 0.5) is 29.2 Å². The summed E-state index contributed by atoms with van der Waals surface area (Å²) in [6.07, 6.45) is 4.38. The zero-order valence-corrected chi connectivity index (χ0v) is 34.3. The van der Waals surface area contributed by atoms with Crippen molar-refractivity contribution in [1.29, 1.82) is 0 Å². The number of anilines is 5. The standard InChI is InChI=1S/C35H56N6O6Si3/c1-10-12-24-44-31(42)27-15-19-29(20-16-27)37-34-39-33(36-23-14-26-50(9,46-48(3,4)5)47-49(6,7)8)40-35(41-34)38-30-21-17-28(18-22-30)32(43)45-25-13-11-2/h15-22H,10-14,23-26H2,1-9H3,(H3,36,37,38,39,40,41). The Morgan fingerprint density at radius 3 is 1.38 bits per heavy atom. The van der Waals surface area contributed by atoms with Gasteiger partial charge in [-0.2, -0.15) is 15.0 Å². The van der Waals surface area contributed by atoms with E-state index in [4.69, 9.17) is 17.7 Å². The van der Waals surface area contributed by atoms with E-state index in [0.717, 1.165) is 38.1 Å². The number of carbonyl (C=O) groups is 2. The monoisotopic (exact) mass is 740 g/mol. The SMILES string of the molecule is CCCCOC(=O)c1ccc(Nc2nc(NCCC[Si](C)(O[Si](C)(C)C)O[Si](C)(C)C)nc(Nc3ccc(C(=O)OCCCC)cc3)n2)cc1. The first-order valence-electron chi connectivity index (χ1n) is 17.6. The molecule has 0 aliphatic heterocycles. The average Bonchev–Trinajstić information content (AvgIpc) is 3.02. The molecule has 15 heteroatoms. The molecule has 3 N–H and O–H groups in total. The molecule has 0 radical (unpaired) electrons. The van der Waals surface area contributed by atoms with Gasteiger partial charge in [-0.1, -0.05) is 26.7 Å². The van der Waals surface area contributed by atoms with Gasteiger partial charge in [0.1, 0.15) is 0 Å². The summed E-state index contributed by atoms with van der Waals surface area (Å²) in [6, 6.07) is 14.8. The summed E-state index contributed by atoms with van der Waals surface area (Å²) < 4.78 is 24.0. The van der Waals surface area contributed by atoms with Crippen LogP contribution < -0.4 is 16.0 Å². The first-order chi connectivity index (χ1) is 23.6. The molecular weight excluding hydrogens is 685 g/mol. The van der Waals surface area contributed by atoms with Crippen molar-refractivity contribution < 1.29 is 27.3 Å². The molecule has 0 aliphatic rings. The topological polar surface area (TPSA) is 146 Å². The lowest BCUT2D eigenvalue weighted by Crippen LogP contribution is -2.52. The van der Waals surface area contributed by atoms with E-state index in [2.05, 4.69) is 76.7 Å². The molecular formula is C35H56N6O6Si3. The lowest BCUT2D eigenvalue weighted by molar-refractivity contribution is 0.0490. The molecule has 0 saturated heterocycles. The minimum Gasteiger partial charge on any atom is -0.462 e. The first kappa shape index (κ1) is 40.8. The fraction of sp³-hybridized carbons (Fsp3) is 0.514. The third-order valence-corrected chi connectivity index (χ3v) is 16.6. The fourth-order valence-electron chi connectivity index (χ4n) is 5.02. The Labute approximate surface area is 301 Å². The van der Waals surface area contributed by atoms with Crippen LogP contribution in [0, 0.1) is 0 Å². The van der Waals surface area contributed by atoms with Gasteiger partial charge in [0.15, 0.2) is 16.6 Å². The van der Waals surface area contributed by atoms with Crippen LogP contribution >= 0.6 is 0 Å². The van der Waals surface area contributed by atoms with E-state index < -0.39 is 25.2 Å². The van der Waals surface area contributed by atoms with E-state index in [1.807, 2.05) is 13.8 Å². The van der Waals surface area contributed by atoms with Gasteiger partial charge >= 0.3 is 20.5 Å². The number of carbonyl (C=O) groups excluding carboxylic acids is 2. The van der Waals surface area contributed by atoms with Crippen LogP contribution in [0.5, 0.6) is 0 Å². The zero-order valence-electron chi connectivity index (χ0n) is 31.3. The number of unbranched alkanes of at least 4 members (excludes halogenated alkanes) is 2. The van der Waals surface area contributed by atoms with E-state index in [9.17, 15) is 9.59 Å². The van der Waals surface area contributed by atoms with Crippen molar-refractivity contribution in [3.05, 3.63) is 59.7 Å². The summed E-state index contributed by atoms with van der Waals surface area (Å²) >= 11 is 0. The summed E-state index contributed by atoms with van der Waals surface area (Å²) in [5.41, 5.74) is 2.32. The molecule has 12 nitrogen and oxygen atoms in total. The number of esters is 2. The van der Waals surface area contributed by atoms with Crippen molar-refractivity contribution in [2.75, 3.05) is 35.7 Å². The molecule has 0 bridgehead atoms. The molecule has 3 aromatic rings. The molecule has 1 aromatic heterocycles. The maximum absolute atomic E-state index is 12.4. The molecule has 0 fully saturated rings. The van der Waals surface area contributed by atoms with Gasteiger partial charge in [-0.3, -0.25) is 0 Å². The van der Waals surface area contributed by atoms with E-state index in [1.54, 1.807) is 48.5 Å². The number of aromatic nitrogens is 3. The Kier molecular flexibility index (Phi) is 15.6. The largest absolute Gasteiger partial charge is 0.462 e. The number of hydrogen-bond acceptors (Lipinski definition) is 12. The maximum atomic E-state index is 12.4. The number of benzene rings is 2. The lowest BCUT2D eigenvalue weighted by atomic mass is 10.2. The Balaban J connectivity index is 1.77. The Morgan fingerprint density at radius 2 is 1.00 bits per heavy atom. The van der Waals surface area contributed by atoms with Crippen molar-refractivity contribution in [1.82, 2.24) is 15.0 Å². The highest BCUT2D eigenvalue weighted by atomic mass is 28.5. The summed E-state index contributed by atoms with van der Waals surface area (Å²) in [5, 5.41) is 9.81. The number of rotatable bonds is 21. The van der Waals surface area contributed by atoms with Crippen molar-refractivity contribution >= 4 is 66.4 Å². The minimum absolute atomic E-state index is 0.308.